The van der Waals surface area contributed by atoms with Crippen LogP contribution in [0.15, 0.2) is 45.5 Å². The van der Waals surface area contributed by atoms with Gasteiger partial charge in [0.2, 0.25) is 5.89 Å². The smallest absolute Gasteiger partial charge is 0.255 e. The number of thioether (sulfide) groups is 1. The van der Waals surface area contributed by atoms with Gasteiger partial charge < -0.3 is 9.73 Å². The van der Waals surface area contributed by atoms with Crippen LogP contribution in [0.3, 0.4) is 0 Å². The van der Waals surface area contributed by atoms with Gasteiger partial charge in [0.15, 0.2) is 0 Å². The Morgan fingerprint density at radius 1 is 1.30 bits per heavy atom. The predicted octanol–water partition coefficient (Wildman–Crippen LogP) is 5.26. The topological polar surface area (TPSA) is 71.3 Å². The van der Waals surface area contributed by atoms with Gasteiger partial charge in [-0.2, -0.15) is 11.8 Å². The number of benzene rings is 1. The lowest BCUT2D eigenvalue weighted by Gasteiger charge is -2.26. The van der Waals surface area contributed by atoms with E-state index in [0.717, 1.165) is 36.7 Å². The van der Waals surface area contributed by atoms with E-state index in [1.54, 1.807) is 30.5 Å². The summed E-state index contributed by atoms with van der Waals surface area (Å²) in [6.07, 6.45) is 1.59. The van der Waals surface area contributed by atoms with Gasteiger partial charge in [-0.05, 0) is 58.7 Å². The molecule has 3 aromatic rings. The summed E-state index contributed by atoms with van der Waals surface area (Å²) in [4.78, 5) is 23.7. The third-order valence-electron chi connectivity index (χ3n) is 4.79. The molecule has 4 rings (SSSR count). The molecule has 1 saturated heterocycles. The first kappa shape index (κ1) is 21.4. The zero-order chi connectivity index (χ0) is 21.1. The normalized spacial score (nSPS) is 14.6. The van der Waals surface area contributed by atoms with Crippen molar-refractivity contribution in [1.29, 1.82) is 0 Å². The van der Waals surface area contributed by atoms with Crippen molar-refractivity contribution in [3.05, 3.63) is 63.0 Å². The first-order valence-electron chi connectivity index (χ1n) is 9.49. The third kappa shape index (κ3) is 5.06. The predicted molar refractivity (Wildman–Crippen MR) is 124 cm³/mol. The molecule has 9 heteroatoms. The van der Waals surface area contributed by atoms with Crippen molar-refractivity contribution in [2.45, 2.75) is 13.5 Å². The van der Waals surface area contributed by atoms with E-state index < -0.39 is 0 Å². The van der Waals surface area contributed by atoms with Gasteiger partial charge in [0.05, 0.1) is 11.9 Å². The van der Waals surface area contributed by atoms with E-state index in [1.165, 1.54) is 0 Å². The number of nitrogens with zero attached hydrogens (tertiary/aromatic N) is 3. The second-order valence-corrected chi connectivity index (χ2v) is 9.33. The molecule has 1 fully saturated rings. The molecule has 6 nitrogen and oxygen atoms in total. The largest absolute Gasteiger partial charge is 0.439 e. The number of halogens is 2. The molecular formula is C21H20BrClN4O2S. The molecule has 1 aliphatic heterocycles. The van der Waals surface area contributed by atoms with E-state index >= 15 is 0 Å². The molecule has 0 saturated carbocycles. The number of nitrogens with one attached hydrogen (secondary N) is 1. The zero-order valence-corrected chi connectivity index (χ0v) is 19.5. The Morgan fingerprint density at radius 2 is 2.10 bits per heavy atom. The van der Waals surface area contributed by atoms with Crippen molar-refractivity contribution in [3.8, 4) is 11.6 Å². The molecule has 0 radical (unpaired) electrons. The fourth-order valence-corrected chi connectivity index (χ4v) is 4.52. The molecule has 0 bridgehead atoms. The first-order chi connectivity index (χ1) is 14.5. The number of rotatable bonds is 5. The highest BCUT2D eigenvalue weighted by atomic mass is 79.9. The van der Waals surface area contributed by atoms with Crippen molar-refractivity contribution in [3.63, 3.8) is 0 Å². The number of pyridine rings is 1. The van der Waals surface area contributed by atoms with Gasteiger partial charge in [-0.1, -0.05) is 11.6 Å². The van der Waals surface area contributed by atoms with Gasteiger partial charge in [-0.25, -0.2) is 9.97 Å². The zero-order valence-electron chi connectivity index (χ0n) is 16.3. The van der Waals surface area contributed by atoms with E-state index in [0.29, 0.717) is 38.2 Å². The lowest BCUT2D eigenvalue weighted by Crippen LogP contribution is -2.32. The molecule has 1 N–H and O–H groups in total. The summed E-state index contributed by atoms with van der Waals surface area (Å²) >= 11 is 11.7. The second kappa shape index (κ2) is 9.51. The van der Waals surface area contributed by atoms with Crippen molar-refractivity contribution in [2.75, 3.05) is 29.9 Å². The SMILES string of the molecule is Cc1oc(-c2ccc(NC(=O)c3ccc(Cl)c(CN4CCSCC4)c3)cn2)nc1Br. The number of hydrogen-bond donors (Lipinski definition) is 1. The van der Waals surface area contributed by atoms with Crippen LogP contribution in [0.2, 0.25) is 5.02 Å². The first-order valence-corrected chi connectivity index (χ1v) is 11.8. The van der Waals surface area contributed by atoms with E-state index in [1.807, 2.05) is 24.8 Å². The lowest BCUT2D eigenvalue weighted by atomic mass is 10.1. The fraction of sp³-hybridized carbons (Fsp3) is 0.286. The number of aromatic nitrogens is 2. The van der Waals surface area contributed by atoms with Crippen molar-refractivity contribution in [2.24, 2.45) is 0 Å². The maximum atomic E-state index is 12.7. The minimum Gasteiger partial charge on any atom is -0.439 e. The van der Waals surface area contributed by atoms with Gasteiger partial charge in [0.1, 0.15) is 16.1 Å². The maximum Gasteiger partial charge on any atom is 0.255 e. The summed E-state index contributed by atoms with van der Waals surface area (Å²) in [7, 11) is 0. The molecule has 0 unspecified atom stereocenters. The monoisotopic (exact) mass is 506 g/mol. The number of anilines is 1. The highest BCUT2D eigenvalue weighted by Crippen LogP contribution is 2.25. The molecule has 2 aromatic heterocycles. The van der Waals surface area contributed by atoms with E-state index in [2.05, 4.69) is 36.1 Å². The average molecular weight is 508 g/mol. The minimum atomic E-state index is -0.202. The van der Waals surface area contributed by atoms with Crippen molar-refractivity contribution < 1.29 is 9.21 Å². The highest BCUT2D eigenvalue weighted by Gasteiger charge is 2.15. The molecule has 156 valence electrons. The summed E-state index contributed by atoms with van der Waals surface area (Å²) in [6, 6.07) is 8.93. The highest BCUT2D eigenvalue weighted by molar-refractivity contribution is 9.10. The number of hydrogen-bond acceptors (Lipinski definition) is 6. The quantitative estimate of drug-likeness (QED) is 0.508. The van der Waals surface area contributed by atoms with Crippen LogP contribution >= 0.6 is 39.3 Å². The maximum absolute atomic E-state index is 12.7. The molecule has 1 aliphatic rings. The van der Waals surface area contributed by atoms with Crippen molar-refractivity contribution >= 4 is 50.9 Å². The van der Waals surface area contributed by atoms with Crippen LogP contribution in [0.1, 0.15) is 21.7 Å². The Hall–Kier alpha value is -1.87. The average Bonchev–Trinajstić information content (AvgIpc) is 3.09. The van der Waals surface area contributed by atoms with Crippen LogP contribution in [0.5, 0.6) is 0 Å². The van der Waals surface area contributed by atoms with Crippen LogP contribution in [0, 0.1) is 6.92 Å². The van der Waals surface area contributed by atoms with Crippen LogP contribution in [0.25, 0.3) is 11.6 Å². The minimum absolute atomic E-state index is 0.202. The molecule has 0 atom stereocenters. The van der Waals surface area contributed by atoms with Crippen molar-refractivity contribution in [1.82, 2.24) is 14.9 Å². The van der Waals surface area contributed by atoms with Crippen LogP contribution in [-0.4, -0.2) is 45.4 Å². The summed E-state index contributed by atoms with van der Waals surface area (Å²) < 4.78 is 6.20. The number of aryl methyl sites for hydroxylation is 1. The molecule has 0 spiro atoms. The van der Waals surface area contributed by atoms with Crippen LogP contribution < -0.4 is 5.32 Å². The number of oxazole rings is 1. The standard InChI is InChI=1S/C21H20BrClN4O2S/c1-13-19(22)26-21(29-13)18-5-3-16(11-24-18)25-20(28)14-2-4-17(23)15(10-14)12-27-6-8-30-9-7-27/h2-5,10-11H,6-9,12H2,1H3,(H,25,28). The molecule has 3 heterocycles. The van der Waals surface area contributed by atoms with E-state index in [4.69, 9.17) is 16.0 Å². The number of amides is 1. The summed E-state index contributed by atoms with van der Waals surface area (Å²) in [6.45, 7) is 4.65. The summed E-state index contributed by atoms with van der Waals surface area (Å²) in [5.41, 5.74) is 2.72. The lowest BCUT2D eigenvalue weighted by molar-refractivity contribution is 0.102. The molecular weight excluding hydrogens is 488 g/mol. The molecule has 1 amide bonds. The Kier molecular flexibility index (Phi) is 6.77. The van der Waals surface area contributed by atoms with Gasteiger partial charge in [0, 0.05) is 41.7 Å². The molecule has 0 aliphatic carbocycles. The summed E-state index contributed by atoms with van der Waals surface area (Å²) in [5, 5.41) is 3.57. The van der Waals surface area contributed by atoms with Gasteiger partial charge >= 0.3 is 0 Å². The van der Waals surface area contributed by atoms with Gasteiger partial charge in [-0.15, -0.1) is 0 Å². The van der Waals surface area contributed by atoms with Crippen LogP contribution in [0.4, 0.5) is 5.69 Å². The molecule has 30 heavy (non-hydrogen) atoms. The Labute approximate surface area is 192 Å². The Morgan fingerprint density at radius 3 is 2.77 bits per heavy atom. The Balaban J connectivity index is 1.45. The van der Waals surface area contributed by atoms with Gasteiger partial charge in [0.25, 0.3) is 5.91 Å². The third-order valence-corrected chi connectivity index (χ3v) is 6.83. The second-order valence-electron chi connectivity index (χ2n) is 6.95. The Bertz CT molecular complexity index is 1030. The number of carbonyl (C=O) groups excluding carboxylic acids is 1. The summed E-state index contributed by atoms with van der Waals surface area (Å²) in [5.74, 6) is 3.17. The number of carbonyl (C=O) groups is 1. The van der Waals surface area contributed by atoms with Crippen LogP contribution in [-0.2, 0) is 6.54 Å². The van der Waals surface area contributed by atoms with Gasteiger partial charge in [-0.3, -0.25) is 9.69 Å². The van der Waals surface area contributed by atoms with E-state index in [-0.39, 0.29) is 5.91 Å². The fourth-order valence-electron chi connectivity index (χ4n) is 3.12. The molecule has 1 aromatic carbocycles. The van der Waals surface area contributed by atoms with E-state index in [9.17, 15) is 4.79 Å².